The fourth-order valence-corrected chi connectivity index (χ4v) is 2.76. The minimum Gasteiger partial charge on any atom is -0.494 e. The van der Waals surface area contributed by atoms with Gasteiger partial charge in [0, 0.05) is 11.6 Å². The average Bonchev–Trinajstić information content (AvgIpc) is 3.02. The van der Waals surface area contributed by atoms with Crippen LogP contribution >= 0.6 is 12.4 Å². The molecule has 2 aromatic rings. The molecule has 1 heterocycles. The predicted molar refractivity (Wildman–Crippen MR) is 85.6 cm³/mol. The molecule has 0 saturated carbocycles. The molecule has 1 N–H and O–H groups in total. The second-order valence-electron chi connectivity index (χ2n) is 5.09. The summed E-state index contributed by atoms with van der Waals surface area (Å²) < 4.78 is 19.2. The Morgan fingerprint density at radius 2 is 1.90 bits per heavy atom. The fourth-order valence-electron chi connectivity index (χ4n) is 2.76. The van der Waals surface area contributed by atoms with E-state index >= 15 is 0 Å². The van der Waals surface area contributed by atoms with Crippen LogP contribution in [-0.2, 0) is 0 Å². The van der Waals surface area contributed by atoms with E-state index < -0.39 is 0 Å². The molecule has 0 aliphatic carbocycles. The first kappa shape index (κ1) is 15.8. The highest BCUT2D eigenvalue weighted by Crippen LogP contribution is 2.30. The number of ether oxygens (including phenoxy) is 1. The van der Waals surface area contributed by atoms with Gasteiger partial charge in [0.25, 0.3) is 0 Å². The molecule has 2 aromatic carbocycles. The van der Waals surface area contributed by atoms with Crippen molar-refractivity contribution >= 4 is 12.4 Å². The van der Waals surface area contributed by atoms with Crippen molar-refractivity contribution in [1.29, 1.82) is 0 Å². The molecule has 2 nitrogen and oxygen atoms in total. The molecular weight excluding hydrogens is 289 g/mol. The number of rotatable bonds is 3. The number of methoxy groups -OCH3 is 1. The van der Waals surface area contributed by atoms with Crippen LogP contribution in [0.15, 0.2) is 42.5 Å². The van der Waals surface area contributed by atoms with Gasteiger partial charge < -0.3 is 10.1 Å². The Labute approximate surface area is 130 Å². The van der Waals surface area contributed by atoms with Gasteiger partial charge in [-0.25, -0.2) is 4.39 Å². The summed E-state index contributed by atoms with van der Waals surface area (Å²) in [6.07, 6.45) is 2.39. The smallest absolute Gasteiger partial charge is 0.172 e. The Bertz CT molecular complexity index is 594. The summed E-state index contributed by atoms with van der Waals surface area (Å²) in [5, 5.41) is 3.47. The number of halogens is 2. The van der Waals surface area contributed by atoms with Crippen LogP contribution in [0.5, 0.6) is 5.75 Å². The lowest BCUT2D eigenvalue weighted by atomic mass is 9.99. The summed E-state index contributed by atoms with van der Waals surface area (Å²) in [5.74, 6) is -0.0224. The summed E-state index contributed by atoms with van der Waals surface area (Å²) in [5.41, 5.74) is 2.73. The first-order valence-corrected chi connectivity index (χ1v) is 6.96. The molecule has 1 fully saturated rings. The average molecular weight is 308 g/mol. The van der Waals surface area contributed by atoms with Crippen LogP contribution in [-0.4, -0.2) is 13.7 Å². The maximum Gasteiger partial charge on any atom is 0.172 e. The quantitative estimate of drug-likeness (QED) is 0.910. The van der Waals surface area contributed by atoms with E-state index in [-0.39, 0.29) is 24.0 Å². The van der Waals surface area contributed by atoms with E-state index in [9.17, 15) is 4.39 Å². The summed E-state index contributed by atoms with van der Waals surface area (Å²) >= 11 is 0. The van der Waals surface area contributed by atoms with Gasteiger partial charge in [0.2, 0.25) is 0 Å². The molecule has 1 unspecified atom stereocenters. The number of hydrogen-bond acceptors (Lipinski definition) is 2. The third-order valence-electron chi connectivity index (χ3n) is 3.87. The lowest BCUT2D eigenvalue weighted by Gasteiger charge is -2.12. The first-order valence-electron chi connectivity index (χ1n) is 6.96. The Balaban J connectivity index is 0.00000161. The highest BCUT2D eigenvalue weighted by molar-refractivity contribution is 5.85. The van der Waals surface area contributed by atoms with Gasteiger partial charge >= 0.3 is 0 Å². The molecule has 1 atom stereocenters. The van der Waals surface area contributed by atoms with Crippen LogP contribution in [0.4, 0.5) is 4.39 Å². The molecule has 0 spiro atoms. The van der Waals surface area contributed by atoms with E-state index in [2.05, 4.69) is 17.4 Å². The van der Waals surface area contributed by atoms with Gasteiger partial charge in [0.05, 0.1) is 7.11 Å². The van der Waals surface area contributed by atoms with Crippen molar-refractivity contribution in [2.24, 2.45) is 0 Å². The Kier molecular flexibility index (Phi) is 5.21. The van der Waals surface area contributed by atoms with Crippen molar-refractivity contribution in [2.75, 3.05) is 13.7 Å². The highest BCUT2D eigenvalue weighted by Gasteiger charge is 2.16. The van der Waals surface area contributed by atoms with Crippen molar-refractivity contribution < 1.29 is 9.13 Å². The second kappa shape index (κ2) is 6.92. The zero-order valence-electron chi connectivity index (χ0n) is 11.9. The Morgan fingerprint density at radius 3 is 2.52 bits per heavy atom. The van der Waals surface area contributed by atoms with Crippen LogP contribution in [0.25, 0.3) is 11.1 Å². The lowest BCUT2D eigenvalue weighted by molar-refractivity contribution is 0.387. The summed E-state index contributed by atoms with van der Waals surface area (Å²) in [6.45, 7) is 1.08. The van der Waals surface area contributed by atoms with Crippen molar-refractivity contribution in [3.63, 3.8) is 0 Å². The zero-order chi connectivity index (χ0) is 13.9. The number of benzene rings is 2. The summed E-state index contributed by atoms with van der Waals surface area (Å²) in [6, 6.07) is 13.8. The van der Waals surface area contributed by atoms with E-state index in [1.54, 1.807) is 12.1 Å². The van der Waals surface area contributed by atoms with Crippen LogP contribution in [0.2, 0.25) is 0 Å². The van der Waals surface area contributed by atoms with E-state index in [1.165, 1.54) is 25.5 Å². The van der Waals surface area contributed by atoms with Gasteiger partial charge in [0.15, 0.2) is 11.6 Å². The van der Waals surface area contributed by atoms with Gasteiger partial charge in [-0.15, -0.1) is 12.4 Å². The summed E-state index contributed by atoms with van der Waals surface area (Å²) in [7, 11) is 1.48. The third-order valence-corrected chi connectivity index (χ3v) is 3.87. The zero-order valence-corrected chi connectivity index (χ0v) is 12.8. The van der Waals surface area contributed by atoms with Gasteiger partial charge in [0.1, 0.15) is 0 Å². The topological polar surface area (TPSA) is 21.3 Å². The van der Waals surface area contributed by atoms with Crippen LogP contribution < -0.4 is 10.1 Å². The van der Waals surface area contributed by atoms with Crippen LogP contribution in [0.3, 0.4) is 0 Å². The van der Waals surface area contributed by atoms with Crippen LogP contribution in [0, 0.1) is 5.82 Å². The molecule has 0 bridgehead atoms. The standard InChI is InChI=1S/C17H18FNO.ClH/c1-20-16-6-2-4-14(17(16)18)12-7-9-13(10-8-12)15-5-3-11-19-15;/h2,4,6-10,15,19H,3,5,11H2,1H3;1H. The molecule has 0 radical (unpaired) electrons. The van der Waals surface area contributed by atoms with E-state index in [0.717, 1.165) is 12.1 Å². The molecule has 1 aliphatic heterocycles. The minimum atomic E-state index is -0.304. The van der Waals surface area contributed by atoms with Gasteiger partial charge in [-0.2, -0.15) is 0 Å². The maximum absolute atomic E-state index is 14.2. The lowest BCUT2D eigenvalue weighted by Crippen LogP contribution is -2.12. The molecule has 112 valence electrons. The molecule has 0 amide bonds. The fraction of sp³-hybridized carbons (Fsp3) is 0.294. The normalized spacial score (nSPS) is 17.3. The van der Waals surface area contributed by atoms with Gasteiger partial charge in [-0.05, 0) is 36.6 Å². The van der Waals surface area contributed by atoms with Gasteiger partial charge in [-0.3, -0.25) is 0 Å². The molecule has 3 rings (SSSR count). The van der Waals surface area contributed by atoms with E-state index in [4.69, 9.17) is 4.74 Å². The molecule has 1 saturated heterocycles. The van der Waals surface area contributed by atoms with Crippen LogP contribution in [0.1, 0.15) is 24.4 Å². The SMILES string of the molecule is COc1cccc(-c2ccc(C3CCCN3)cc2)c1F.Cl. The Morgan fingerprint density at radius 1 is 1.14 bits per heavy atom. The minimum absolute atomic E-state index is 0. The largest absolute Gasteiger partial charge is 0.494 e. The van der Waals surface area contributed by atoms with E-state index in [1.807, 2.05) is 18.2 Å². The predicted octanol–water partition coefficient (Wildman–Crippen LogP) is 4.35. The monoisotopic (exact) mass is 307 g/mol. The molecule has 4 heteroatoms. The highest BCUT2D eigenvalue weighted by atomic mass is 35.5. The molecular formula is C17H19ClFNO. The Hall–Kier alpha value is -1.58. The maximum atomic E-state index is 14.2. The number of hydrogen-bond donors (Lipinski definition) is 1. The second-order valence-corrected chi connectivity index (χ2v) is 5.09. The molecule has 1 aliphatic rings. The third kappa shape index (κ3) is 3.20. The molecule has 0 aromatic heterocycles. The first-order chi connectivity index (χ1) is 9.79. The molecule has 21 heavy (non-hydrogen) atoms. The van der Waals surface area contributed by atoms with Crippen molar-refractivity contribution in [3.8, 4) is 16.9 Å². The van der Waals surface area contributed by atoms with Crippen molar-refractivity contribution in [1.82, 2.24) is 5.32 Å². The van der Waals surface area contributed by atoms with Gasteiger partial charge in [-0.1, -0.05) is 36.4 Å². The van der Waals surface area contributed by atoms with Crippen molar-refractivity contribution in [3.05, 3.63) is 53.8 Å². The van der Waals surface area contributed by atoms with Crippen molar-refractivity contribution in [2.45, 2.75) is 18.9 Å². The number of nitrogens with one attached hydrogen (secondary N) is 1. The summed E-state index contributed by atoms with van der Waals surface area (Å²) in [4.78, 5) is 0. The van der Waals surface area contributed by atoms with E-state index in [0.29, 0.717) is 11.6 Å².